The molecule has 0 saturated carbocycles. The minimum Gasteiger partial charge on any atom is -0.296 e. The van der Waals surface area contributed by atoms with Crippen molar-refractivity contribution in [3.8, 4) is 0 Å². The van der Waals surface area contributed by atoms with E-state index in [1.807, 2.05) is 0 Å². The largest absolute Gasteiger partial charge is 0.296 e. The quantitative estimate of drug-likeness (QED) is 0.568. The van der Waals surface area contributed by atoms with E-state index >= 15 is 0 Å². The standard InChI is InChI=1S/C15H16ClN3O4S2/c16-14-5-6-15(24-14)25(22,23)18-9-7-17(8-10-18)11-12-1-3-13(4-2-12)19(20)21/h1-6H,7-11H2. The number of hydrogen-bond acceptors (Lipinski definition) is 6. The van der Waals surface area contributed by atoms with Crippen LogP contribution < -0.4 is 0 Å². The first-order valence-corrected chi connectivity index (χ1v) is 10.2. The zero-order valence-electron chi connectivity index (χ0n) is 13.2. The summed E-state index contributed by atoms with van der Waals surface area (Å²) in [6.07, 6.45) is 0. The molecule has 0 N–H and O–H groups in total. The van der Waals surface area contributed by atoms with Gasteiger partial charge < -0.3 is 0 Å². The summed E-state index contributed by atoms with van der Waals surface area (Å²) < 4.78 is 27.3. The normalized spacial score (nSPS) is 16.8. The van der Waals surface area contributed by atoms with E-state index in [0.717, 1.165) is 16.9 Å². The Balaban J connectivity index is 1.59. The van der Waals surface area contributed by atoms with E-state index < -0.39 is 14.9 Å². The van der Waals surface area contributed by atoms with Gasteiger partial charge in [-0.2, -0.15) is 4.31 Å². The Bertz CT molecular complexity index is 859. The topological polar surface area (TPSA) is 83.8 Å². The maximum atomic E-state index is 12.6. The highest BCUT2D eigenvalue weighted by Crippen LogP contribution is 2.28. The van der Waals surface area contributed by atoms with Crippen molar-refractivity contribution in [2.45, 2.75) is 10.8 Å². The minimum absolute atomic E-state index is 0.0641. The van der Waals surface area contributed by atoms with Gasteiger partial charge in [0.25, 0.3) is 15.7 Å². The van der Waals surface area contributed by atoms with E-state index in [0.29, 0.717) is 37.1 Å². The van der Waals surface area contributed by atoms with Gasteiger partial charge in [0.15, 0.2) is 0 Å². The predicted octanol–water partition coefficient (Wildman–Crippen LogP) is 2.82. The van der Waals surface area contributed by atoms with E-state index in [1.165, 1.54) is 22.5 Å². The average molecular weight is 402 g/mol. The van der Waals surface area contributed by atoms with E-state index in [-0.39, 0.29) is 9.90 Å². The van der Waals surface area contributed by atoms with Crippen LogP contribution in [0.3, 0.4) is 0 Å². The van der Waals surface area contributed by atoms with Crippen molar-refractivity contribution in [3.05, 3.63) is 56.4 Å². The van der Waals surface area contributed by atoms with Gasteiger partial charge in [-0.15, -0.1) is 11.3 Å². The molecule has 0 spiro atoms. The maximum absolute atomic E-state index is 12.6. The van der Waals surface area contributed by atoms with Gasteiger partial charge in [-0.3, -0.25) is 15.0 Å². The predicted molar refractivity (Wildman–Crippen MR) is 96.5 cm³/mol. The van der Waals surface area contributed by atoms with E-state index in [2.05, 4.69) is 4.90 Å². The number of sulfonamides is 1. The van der Waals surface area contributed by atoms with Crippen LogP contribution >= 0.6 is 22.9 Å². The van der Waals surface area contributed by atoms with Crippen LogP contribution in [0.4, 0.5) is 5.69 Å². The van der Waals surface area contributed by atoms with Crippen molar-refractivity contribution in [1.29, 1.82) is 0 Å². The molecule has 3 rings (SSSR count). The van der Waals surface area contributed by atoms with Crippen molar-refractivity contribution >= 4 is 38.6 Å². The Morgan fingerprint density at radius 2 is 1.72 bits per heavy atom. The van der Waals surface area contributed by atoms with E-state index in [4.69, 9.17) is 11.6 Å². The molecule has 0 bridgehead atoms. The van der Waals surface area contributed by atoms with Crippen LogP contribution in [0.25, 0.3) is 0 Å². The number of rotatable bonds is 5. The summed E-state index contributed by atoms with van der Waals surface area (Å²) in [6.45, 7) is 2.66. The van der Waals surface area contributed by atoms with Gasteiger partial charge in [0.05, 0.1) is 9.26 Å². The second-order valence-corrected chi connectivity index (χ2v) is 9.54. The van der Waals surface area contributed by atoms with Gasteiger partial charge in [0.2, 0.25) is 0 Å². The molecule has 1 fully saturated rings. The van der Waals surface area contributed by atoms with Gasteiger partial charge in [0, 0.05) is 44.9 Å². The van der Waals surface area contributed by atoms with Crippen LogP contribution in [0.5, 0.6) is 0 Å². The highest BCUT2D eigenvalue weighted by Gasteiger charge is 2.29. The molecule has 1 aromatic heterocycles. The lowest BCUT2D eigenvalue weighted by Gasteiger charge is -2.33. The molecule has 1 aliphatic rings. The summed E-state index contributed by atoms with van der Waals surface area (Å²) in [5.41, 5.74) is 1.03. The Morgan fingerprint density at radius 3 is 2.24 bits per heavy atom. The van der Waals surface area contributed by atoms with Gasteiger partial charge in [-0.25, -0.2) is 8.42 Å². The van der Waals surface area contributed by atoms with Crippen LogP contribution in [-0.2, 0) is 16.6 Å². The van der Waals surface area contributed by atoms with Crippen LogP contribution in [0, 0.1) is 10.1 Å². The molecule has 1 aromatic carbocycles. The lowest BCUT2D eigenvalue weighted by atomic mass is 10.2. The second kappa shape index (κ2) is 7.38. The molecule has 7 nitrogen and oxygen atoms in total. The Hall–Kier alpha value is -1.52. The molecule has 25 heavy (non-hydrogen) atoms. The fourth-order valence-corrected chi connectivity index (χ4v) is 5.73. The molecule has 10 heteroatoms. The van der Waals surface area contributed by atoms with E-state index in [9.17, 15) is 18.5 Å². The number of benzene rings is 1. The third kappa shape index (κ3) is 4.18. The monoisotopic (exact) mass is 401 g/mol. The summed E-state index contributed by atoms with van der Waals surface area (Å²) in [4.78, 5) is 12.4. The Morgan fingerprint density at radius 1 is 1.08 bits per heavy atom. The summed E-state index contributed by atoms with van der Waals surface area (Å²) >= 11 is 6.90. The molecule has 134 valence electrons. The number of nitro benzene ring substituents is 1. The third-order valence-electron chi connectivity index (χ3n) is 4.03. The number of non-ortho nitro benzene ring substituents is 1. The molecular weight excluding hydrogens is 386 g/mol. The molecule has 0 atom stereocenters. The molecule has 0 amide bonds. The summed E-state index contributed by atoms with van der Waals surface area (Å²) in [6, 6.07) is 9.55. The van der Waals surface area contributed by atoms with Crippen LogP contribution in [0.2, 0.25) is 4.34 Å². The SMILES string of the molecule is O=[N+]([O-])c1ccc(CN2CCN(S(=O)(=O)c3ccc(Cl)s3)CC2)cc1. The van der Waals surface area contributed by atoms with Crippen molar-refractivity contribution < 1.29 is 13.3 Å². The van der Waals surface area contributed by atoms with Gasteiger partial charge in [-0.1, -0.05) is 23.7 Å². The first-order chi connectivity index (χ1) is 11.9. The Labute approximate surface area is 154 Å². The van der Waals surface area contributed by atoms with Crippen molar-refractivity contribution in [1.82, 2.24) is 9.21 Å². The number of nitro groups is 1. The number of nitrogens with zero attached hydrogens (tertiary/aromatic N) is 3. The molecule has 2 aromatic rings. The molecule has 0 unspecified atom stereocenters. The van der Waals surface area contributed by atoms with Crippen molar-refractivity contribution in [2.75, 3.05) is 26.2 Å². The zero-order chi connectivity index (χ0) is 18.0. The smallest absolute Gasteiger partial charge is 0.269 e. The second-order valence-electron chi connectivity index (χ2n) is 5.66. The summed E-state index contributed by atoms with van der Waals surface area (Å²) in [7, 11) is -3.49. The molecule has 2 heterocycles. The highest BCUT2D eigenvalue weighted by atomic mass is 35.5. The zero-order valence-corrected chi connectivity index (χ0v) is 15.6. The van der Waals surface area contributed by atoms with Crippen LogP contribution in [0.15, 0.2) is 40.6 Å². The van der Waals surface area contributed by atoms with E-state index in [1.54, 1.807) is 18.2 Å². The first kappa shape index (κ1) is 18.3. The first-order valence-electron chi connectivity index (χ1n) is 7.57. The lowest BCUT2D eigenvalue weighted by Crippen LogP contribution is -2.48. The number of hydrogen-bond donors (Lipinski definition) is 0. The summed E-state index contributed by atoms with van der Waals surface area (Å²) in [5.74, 6) is 0. The number of halogens is 1. The van der Waals surface area contributed by atoms with Gasteiger partial charge in [-0.05, 0) is 17.7 Å². The number of thiophene rings is 1. The molecular formula is C15H16ClN3O4S2. The van der Waals surface area contributed by atoms with Gasteiger partial charge in [0.1, 0.15) is 4.21 Å². The highest BCUT2D eigenvalue weighted by molar-refractivity contribution is 7.91. The maximum Gasteiger partial charge on any atom is 0.269 e. The molecule has 0 radical (unpaired) electrons. The molecule has 0 aliphatic carbocycles. The van der Waals surface area contributed by atoms with Crippen molar-refractivity contribution in [2.24, 2.45) is 0 Å². The third-order valence-corrected chi connectivity index (χ3v) is 7.62. The van der Waals surface area contributed by atoms with Crippen LogP contribution in [-0.4, -0.2) is 48.7 Å². The number of piperazine rings is 1. The lowest BCUT2D eigenvalue weighted by molar-refractivity contribution is -0.384. The molecule has 1 saturated heterocycles. The van der Waals surface area contributed by atoms with Crippen LogP contribution in [0.1, 0.15) is 5.56 Å². The molecule has 1 aliphatic heterocycles. The fraction of sp³-hybridized carbons (Fsp3) is 0.333. The van der Waals surface area contributed by atoms with Gasteiger partial charge >= 0.3 is 0 Å². The fourth-order valence-electron chi connectivity index (χ4n) is 2.67. The average Bonchev–Trinajstić information content (AvgIpc) is 3.03. The summed E-state index contributed by atoms with van der Waals surface area (Å²) in [5, 5.41) is 10.7. The Kier molecular flexibility index (Phi) is 5.40. The minimum atomic E-state index is -3.49. The van der Waals surface area contributed by atoms with Crippen molar-refractivity contribution in [3.63, 3.8) is 0 Å².